The number of nitrogen functional groups attached to an aromatic ring is 1. The normalized spacial score (nSPS) is 18.6. The van der Waals surface area contributed by atoms with Crippen molar-refractivity contribution in [1.29, 1.82) is 5.26 Å². The van der Waals surface area contributed by atoms with Crippen LogP contribution in [-0.4, -0.2) is 29.3 Å². The number of nitrogens with zero attached hydrogens (tertiary/aromatic N) is 3. The van der Waals surface area contributed by atoms with E-state index in [2.05, 4.69) is 16.4 Å². The van der Waals surface area contributed by atoms with Gasteiger partial charge in [-0.3, -0.25) is 4.79 Å². The molecule has 2 fully saturated rings. The van der Waals surface area contributed by atoms with Crippen molar-refractivity contribution in [3.05, 3.63) is 57.7 Å². The Morgan fingerprint density at radius 3 is 2.85 bits per heavy atom. The molecule has 4 aromatic rings. The largest absolute Gasteiger partial charge is 0.438 e. The van der Waals surface area contributed by atoms with Gasteiger partial charge in [-0.05, 0) is 54.7 Å². The molecule has 0 unspecified atom stereocenters. The quantitative estimate of drug-likeness (QED) is 0.467. The number of anilines is 1. The summed E-state index contributed by atoms with van der Waals surface area (Å²) in [5.41, 5.74) is 11.2. The van der Waals surface area contributed by atoms with Gasteiger partial charge in [-0.1, -0.05) is 12.1 Å². The van der Waals surface area contributed by atoms with Gasteiger partial charge in [-0.2, -0.15) is 5.26 Å². The summed E-state index contributed by atoms with van der Waals surface area (Å²) in [6, 6.07) is 11.6. The molecule has 0 bridgehead atoms. The van der Waals surface area contributed by atoms with Crippen LogP contribution >= 0.6 is 0 Å². The highest BCUT2D eigenvalue weighted by atomic mass is 16.5. The van der Waals surface area contributed by atoms with Gasteiger partial charge in [0.2, 0.25) is 5.89 Å². The first-order valence-electron chi connectivity index (χ1n) is 11.2. The second-order valence-electron chi connectivity index (χ2n) is 8.77. The minimum atomic E-state index is -0.172. The van der Waals surface area contributed by atoms with E-state index in [9.17, 15) is 10.1 Å². The van der Waals surface area contributed by atoms with Crippen LogP contribution in [0.3, 0.4) is 0 Å². The minimum Gasteiger partial charge on any atom is -0.438 e. The highest BCUT2D eigenvalue weighted by Gasteiger charge is 2.31. The molecule has 2 aliphatic rings. The number of nitrogens with one attached hydrogen (secondary N) is 1. The van der Waals surface area contributed by atoms with Gasteiger partial charge in [0.1, 0.15) is 12.1 Å². The number of hydrogen-bond donors (Lipinski definition) is 2. The summed E-state index contributed by atoms with van der Waals surface area (Å²) in [5.74, 6) is 0.482. The van der Waals surface area contributed by atoms with Crippen LogP contribution in [0, 0.1) is 18.3 Å². The van der Waals surface area contributed by atoms with E-state index in [0.29, 0.717) is 48.0 Å². The van der Waals surface area contributed by atoms with Crippen molar-refractivity contribution in [2.45, 2.75) is 31.8 Å². The number of morpholine rings is 1. The van der Waals surface area contributed by atoms with E-state index in [4.69, 9.17) is 14.9 Å². The molecule has 166 valence electrons. The second kappa shape index (κ2) is 7.44. The van der Waals surface area contributed by atoms with Gasteiger partial charge >= 0.3 is 0 Å². The van der Waals surface area contributed by atoms with Crippen LogP contribution in [0.25, 0.3) is 33.1 Å². The second-order valence-corrected chi connectivity index (χ2v) is 8.77. The van der Waals surface area contributed by atoms with Gasteiger partial charge in [0.15, 0.2) is 11.1 Å². The Hall–Kier alpha value is -3.67. The van der Waals surface area contributed by atoms with Crippen LogP contribution in [0.5, 0.6) is 0 Å². The molecule has 6 rings (SSSR count). The standard InChI is InChI=1S/C25H23N5O3/c1-13-17(14-2-7-19(27)15(10-14)11-26)5-6-18-22(13)30(16-3-4-16)25(31)21-23(18)33-24(29-21)20-12-32-9-8-28-20/h2,5-7,10,16,20,28H,3-4,8-9,12,27H2,1H3/t20-/m1/s1. The van der Waals surface area contributed by atoms with Crippen molar-refractivity contribution in [2.24, 2.45) is 0 Å². The summed E-state index contributed by atoms with van der Waals surface area (Å²) in [7, 11) is 0. The number of ether oxygens (including phenoxy) is 1. The number of fused-ring (bicyclic) bond motifs is 3. The van der Waals surface area contributed by atoms with Crippen LogP contribution in [0.2, 0.25) is 0 Å². The Morgan fingerprint density at radius 1 is 1.27 bits per heavy atom. The Morgan fingerprint density at radius 2 is 2.12 bits per heavy atom. The summed E-state index contributed by atoms with van der Waals surface area (Å²) in [4.78, 5) is 18.2. The zero-order valence-corrected chi connectivity index (χ0v) is 18.2. The molecule has 2 aromatic heterocycles. The Balaban J connectivity index is 1.62. The van der Waals surface area contributed by atoms with Crippen LogP contribution in [0.4, 0.5) is 5.69 Å². The molecule has 1 aliphatic carbocycles. The molecular weight excluding hydrogens is 418 g/mol. The Bertz CT molecular complexity index is 1520. The molecule has 8 heteroatoms. The van der Waals surface area contributed by atoms with Gasteiger partial charge in [0.05, 0.1) is 24.3 Å². The summed E-state index contributed by atoms with van der Waals surface area (Å²) in [6.45, 7) is 3.83. The average molecular weight is 441 g/mol. The molecule has 1 atom stereocenters. The van der Waals surface area contributed by atoms with E-state index in [1.54, 1.807) is 12.1 Å². The third-order valence-electron chi connectivity index (χ3n) is 6.60. The van der Waals surface area contributed by atoms with E-state index in [1.165, 1.54) is 0 Å². The van der Waals surface area contributed by atoms with E-state index in [-0.39, 0.29) is 17.6 Å². The molecule has 3 heterocycles. The van der Waals surface area contributed by atoms with E-state index >= 15 is 0 Å². The molecule has 1 saturated heterocycles. The molecule has 1 aliphatic heterocycles. The molecule has 0 radical (unpaired) electrons. The van der Waals surface area contributed by atoms with Gasteiger partial charge in [-0.25, -0.2) is 4.98 Å². The van der Waals surface area contributed by atoms with Crippen LogP contribution < -0.4 is 16.6 Å². The fourth-order valence-electron chi connectivity index (χ4n) is 4.76. The molecule has 33 heavy (non-hydrogen) atoms. The first kappa shape index (κ1) is 20.0. The molecule has 3 N–H and O–H groups in total. The van der Waals surface area contributed by atoms with Gasteiger partial charge in [-0.15, -0.1) is 0 Å². The Labute approximate surface area is 189 Å². The summed E-state index contributed by atoms with van der Waals surface area (Å²) in [5, 5.41) is 13.6. The predicted octanol–water partition coefficient (Wildman–Crippen LogP) is 3.57. The molecule has 2 aromatic carbocycles. The topological polar surface area (TPSA) is 119 Å². The first-order chi connectivity index (χ1) is 16.1. The van der Waals surface area contributed by atoms with Gasteiger partial charge in [0.25, 0.3) is 5.56 Å². The number of oxazole rings is 1. The van der Waals surface area contributed by atoms with E-state index in [0.717, 1.165) is 40.4 Å². The zero-order valence-electron chi connectivity index (χ0n) is 18.2. The highest BCUT2D eigenvalue weighted by Crippen LogP contribution is 2.41. The lowest BCUT2D eigenvalue weighted by molar-refractivity contribution is 0.0687. The number of nitriles is 1. The fourth-order valence-corrected chi connectivity index (χ4v) is 4.76. The maximum Gasteiger partial charge on any atom is 0.281 e. The highest BCUT2D eigenvalue weighted by molar-refractivity contribution is 6.04. The molecule has 1 saturated carbocycles. The van der Waals surface area contributed by atoms with Gasteiger partial charge < -0.3 is 24.8 Å². The lowest BCUT2D eigenvalue weighted by Gasteiger charge is -2.20. The predicted molar refractivity (Wildman–Crippen MR) is 125 cm³/mol. The van der Waals surface area contributed by atoms with Crippen LogP contribution in [0.1, 0.15) is 41.9 Å². The first-order valence-corrected chi connectivity index (χ1v) is 11.2. The third kappa shape index (κ3) is 3.12. The van der Waals surface area contributed by atoms with E-state index < -0.39 is 0 Å². The number of rotatable bonds is 3. The number of aryl methyl sites for hydroxylation is 1. The van der Waals surface area contributed by atoms with Crippen molar-refractivity contribution in [2.75, 3.05) is 25.5 Å². The molecule has 0 amide bonds. The van der Waals surface area contributed by atoms with Crippen molar-refractivity contribution < 1.29 is 9.15 Å². The number of benzene rings is 2. The van der Waals surface area contributed by atoms with Crippen molar-refractivity contribution >= 4 is 27.7 Å². The van der Waals surface area contributed by atoms with Crippen LogP contribution in [0.15, 0.2) is 39.5 Å². The maximum absolute atomic E-state index is 13.6. The average Bonchev–Trinajstić information content (AvgIpc) is 3.57. The number of aromatic nitrogens is 2. The summed E-state index contributed by atoms with van der Waals surface area (Å²) >= 11 is 0. The van der Waals surface area contributed by atoms with Crippen molar-refractivity contribution in [3.63, 3.8) is 0 Å². The number of hydrogen-bond acceptors (Lipinski definition) is 7. The van der Waals surface area contributed by atoms with Gasteiger partial charge in [0, 0.05) is 23.7 Å². The number of nitrogens with two attached hydrogens (primary N) is 1. The lowest BCUT2D eigenvalue weighted by atomic mass is 9.95. The third-order valence-corrected chi connectivity index (χ3v) is 6.60. The summed E-state index contributed by atoms with van der Waals surface area (Å²) in [6.07, 6.45) is 1.93. The fraction of sp³-hybridized carbons (Fsp3) is 0.320. The monoisotopic (exact) mass is 441 g/mol. The maximum atomic E-state index is 13.6. The zero-order chi connectivity index (χ0) is 22.7. The summed E-state index contributed by atoms with van der Waals surface area (Å²) < 4.78 is 13.6. The van der Waals surface area contributed by atoms with Crippen molar-refractivity contribution in [3.8, 4) is 17.2 Å². The van der Waals surface area contributed by atoms with Crippen molar-refractivity contribution in [1.82, 2.24) is 14.9 Å². The van der Waals surface area contributed by atoms with E-state index in [1.807, 2.05) is 29.7 Å². The molecule has 8 nitrogen and oxygen atoms in total. The van der Waals surface area contributed by atoms with Crippen LogP contribution in [-0.2, 0) is 4.74 Å². The number of pyridine rings is 1. The smallest absolute Gasteiger partial charge is 0.281 e. The SMILES string of the molecule is Cc1c(-c2ccc(N)c(C#N)c2)ccc2c3oc([C@H]4COCCN4)nc3c(=O)n(C3CC3)c12. The Kier molecular flexibility index (Phi) is 4.50. The minimum absolute atomic E-state index is 0.123. The molecule has 0 spiro atoms. The molecular formula is C25H23N5O3. The lowest BCUT2D eigenvalue weighted by Crippen LogP contribution is -2.34.